The highest BCUT2D eigenvalue weighted by Crippen LogP contribution is 2.24. The van der Waals surface area contributed by atoms with Gasteiger partial charge in [0, 0.05) is 45.5 Å². The Balaban J connectivity index is 1.46. The van der Waals surface area contributed by atoms with Gasteiger partial charge in [-0.25, -0.2) is 0 Å². The molecule has 1 unspecified atom stereocenters. The number of aromatic nitrogens is 1. The molecule has 31 heavy (non-hydrogen) atoms. The predicted octanol–water partition coefficient (Wildman–Crippen LogP) is 2.07. The summed E-state index contributed by atoms with van der Waals surface area (Å²) in [6.07, 6.45) is 7.94. The standard InChI is InChI=1S/C23H34N6O2/c1-24-23(27-18-22(30)28(2)15-11-19-9-4-5-12-25-19)26-17-20(21-10-8-16-31-21)29-13-6-3-7-14-29/h4-5,8-10,12,16,20H,3,6-7,11,13-15,17-18H2,1-2H3,(H2,24,26,27). The molecule has 8 nitrogen and oxygen atoms in total. The van der Waals surface area contributed by atoms with Crippen LogP contribution < -0.4 is 10.6 Å². The van der Waals surface area contributed by atoms with Crippen LogP contribution in [0.4, 0.5) is 0 Å². The number of nitrogens with one attached hydrogen (secondary N) is 2. The van der Waals surface area contributed by atoms with Crippen LogP contribution in [0.2, 0.25) is 0 Å². The number of carbonyl (C=O) groups is 1. The second-order valence-electron chi connectivity index (χ2n) is 7.82. The van der Waals surface area contributed by atoms with E-state index >= 15 is 0 Å². The summed E-state index contributed by atoms with van der Waals surface area (Å²) in [6.45, 7) is 3.61. The number of carbonyl (C=O) groups excluding carboxylic acids is 1. The molecule has 2 aromatic rings. The largest absolute Gasteiger partial charge is 0.468 e. The first-order valence-corrected chi connectivity index (χ1v) is 11.0. The number of rotatable bonds is 9. The van der Waals surface area contributed by atoms with E-state index in [-0.39, 0.29) is 18.5 Å². The van der Waals surface area contributed by atoms with Crippen LogP contribution in [-0.4, -0.2) is 73.5 Å². The van der Waals surface area contributed by atoms with Gasteiger partial charge in [0.2, 0.25) is 5.91 Å². The monoisotopic (exact) mass is 426 g/mol. The Morgan fingerprint density at radius 3 is 2.74 bits per heavy atom. The molecule has 0 spiro atoms. The van der Waals surface area contributed by atoms with E-state index in [4.69, 9.17) is 4.42 Å². The lowest BCUT2D eigenvalue weighted by Gasteiger charge is -2.33. The van der Waals surface area contributed by atoms with Crippen LogP contribution in [0.15, 0.2) is 52.2 Å². The molecule has 1 aliphatic rings. The summed E-state index contributed by atoms with van der Waals surface area (Å²) >= 11 is 0. The number of amides is 1. The van der Waals surface area contributed by atoms with E-state index in [1.54, 1.807) is 24.4 Å². The number of pyridine rings is 1. The number of likely N-dealkylation sites (N-methyl/N-ethyl adjacent to an activating group) is 1. The van der Waals surface area contributed by atoms with E-state index < -0.39 is 0 Å². The molecule has 2 N–H and O–H groups in total. The molecule has 3 rings (SSSR count). The number of hydrogen-bond donors (Lipinski definition) is 2. The second kappa shape index (κ2) is 12.1. The fourth-order valence-electron chi connectivity index (χ4n) is 3.78. The molecule has 1 fully saturated rings. The molecule has 1 atom stereocenters. The van der Waals surface area contributed by atoms with Crippen LogP contribution in [0.1, 0.15) is 36.8 Å². The van der Waals surface area contributed by atoms with Gasteiger partial charge in [-0.3, -0.25) is 19.7 Å². The minimum atomic E-state index is 0.0116. The zero-order chi connectivity index (χ0) is 21.9. The molecule has 168 valence electrons. The maximum atomic E-state index is 12.5. The SMILES string of the molecule is CN=C(NCC(=O)N(C)CCc1ccccn1)NCC(c1ccco1)N1CCCCC1. The van der Waals surface area contributed by atoms with Crippen LogP contribution in [0.25, 0.3) is 0 Å². The molecule has 0 saturated carbocycles. The third-order valence-corrected chi connectivity index (χ3v) is 5.65. The van der Waals surface area contributed by atoms with Gasteiger partial charge in [0.15, 0.2) is 5.96 Å². The number of nitrogens with zero attached hydrogens (tertiary/aromatic N) is 4. The number of piperidine rings is 1. The van der Waals surface area contributed by atoms with Crippen LogP contribution in [0, 0.1) is 0 Å². The Bertz CT molecular complexity index is 803. The van der Waals surface area contributed by atoms with Crippen molar-refractivity contribution in [1.29, 1.82) is 0 Å². The lowest BCUT2D eigenvalue weighted by atomic mass is 10.1. The van der Waals surface area contributed by atoms with E-state index in [0.717, 1.165) is 31.0 Å². The van der Waals surface area contributed by atoms with Crippen LogP contribution >= 0.6 is 0 Å². The minimum Gasteiger partial charge on any atom is -0.468 e. The first-order chi connectivity index (χ1) is 15.2. The lowest BCUT2D eigenvalue weighted by Crippen LogP contribution is -2.47. The molecule has 0 radical (unpaired) electrons. The first-order valence-electron chi connectivity index (χ1n) is 11.0. The van der Waals surface area contributed by atoms with E-state index in [1.165, 1.54) is 19.3 Å². The smallest absolute Gasteiger partial charge is 0.241 e. The summed E-state index contributed by atoms with van der Waals surface area (Å²) in [6, 6.07) is 9.92. The Kier molecular flexibility index (Phi) is 8.90. The number of furan rings is 1. The highest BCUT2D eigenvalue weighted by Gasteiger charge is 2.24. The molecule has 1 saturated heterocycles. The highest BCUT2D eigenvalue weighted by molar-refractivity contribution is 5.86. The van der Waals surface area contributed by atoms with Crippen molar-refractivity contribution < 1.29 is 9.21 Å². The number of aliphatic imine (C=N–C) groups is 1. The van der Waals surface area contributed by atoms with Crippen LogP contribution in [-0.2, 0) is 11.2 Å². The van der Waals surface area contributed by atoms with Gasteiger partial charge in [-0.2, -0.15) is 0 Å². The van der Waals surface area contributed by atoms with Gasteiger partial charge >= 0.3 is 0 Å². The second-order valence-corrected chi connectivity index (χ2v) is 7.82. The molecule has 3 heterocycles. The molecule has 8 heteroatoms. The number of likely N-dealkylation sites (tertiary alicyclic amines) is 1. The van der Waals surface area contributed by atoms with Crippen molar-refractivity contribution >= 4 is 11.9 Å². The minimum absolute atomic E-state index is 0.0116. The van der Waals surface area contributed by atoms with Crippen molar-refractivity contribution in [3.8, 4) is 0 Å². The van der Waals surface area contributed by atoms with Gasteiger partial charge in [-0.15, -0.1) is 0 Å². The Morgan fingerprint density at radius 1 is 1.23 bits per heavy atom. The summed E-state index contributed by atoms with van der Waals surface area (Å²) < 4.78 is 5.70. The number of guanidine groups is 1. The summed E-state index contributed by atoms with van der Waals surface area (Å²) in [5.74, 6) is 1.58. The van der Waals surface area contributed by atoms with Gasteiger partial charge in [0.1, 0.15) is 5.76 Å². The number of hydrogen-bond acceptors (Lipinski definition) is 5. The molecular formula is C23H34N6O2. The van der Waals surface area contributed by atoms with Crippen LogP contribution in [0.5, 0.6) is 0 Å². The zero-order valence-corrected chi connectivity index (χ0v) is 18.6. The average Bonchev–Trinajstić information content (AvgIpc) is 3.35. The molecule has 0 aliphatic carbocycles. The fraction of sp³-hybridized carbons (Fsp3) is 0.522. The molecule has 0 aromatic carbocycles. The Morgan fingerprint density at radius 2 is 2.06 bits per heavy atom. The Hall–Kier alpha value is -2.87. The predicted molar refractivity (Wildman–Crippen MR) is 122 cm³/mol. The normalized spacial score (nSPS) is 16.0. The maximum absolute atomic E-state index is 12.5. The average molecular weight is 427 g/mol. The van der Waals surface area contributed by atoms with Crippen molar-refractivity contribution in [2.24, 2.45) is 4.99 Å². The maximum Gasteiger partial charge on any atom is 0.241 e. The quantitative estimate of drug-likeness (QED) is 0.472. The summed E-state index contributed by atoms with van der Waals surface area (Å²) in [4.78, 5) is 25.2. The molecule has 1 aliphatic heterocycles. The molecular weight excluding hydrogens is 392 g/mol. The van der Waals surface area contributed by atoms with E-state index in [2.05, 4.69) is 25.5 Å². The summed E-state index contributed by atoms with van der Waals surface area (Å²) in [7, 11) is 3.53. The van der Waals surface area contributed by atoms with Crippen molar-refractivity contribution in [1.82, 2.24) is 25.4 Å². The molecule has 1 amide bonds. The van der Waals surface area contributed by atoms with Gasteiger partial charge < -0.3 is 20.0 Å². The Labute approximate surface area is 184 Å². The summed E-state index contributed by atoms with van der Waals surface area (Å²) in [5.41, 5.74) is 0.981. The van der Waals surface area contributed by atoms with Crippen molar-refractivity contribution in [2.75, 3.05) is 46.8 Å². The van der Waals surface area contributed by atoms with E-state index in [0.29, 0.717) is 19.0 Å². The van der Waals surface area contributed by atoms with Gasteiger partial charge in [0.25, 0.3) is 0 Å². The third kappa shape index (κ3) is 7.10. The van der Waals surface area contributed by atoms with Crippen molar-refractivity contribution in [3.05, 3.63) is 54.2 Å². The fourth-order valence-corrected chi connectivity index (χ4v) is 3.78. The van der Waals surface area contributed by atoms with Crippen LogP contribution in [0.3, 0.4) is 0 Å². The van der Waals surface area contributed by atoms with Gasteiger partial charge in [-0.05, 0) is 50.2 Å². The lowest BCUT2D eigenvalue weighted by molar-refractivity contribution is -0.128. The van der Waals surface area contributed by atoms with Crippen molar-refractivity contribution in [3.63, 3.8) is 0 Å². The van der Waals surface area contributed by atoms with E-state index in [1.807, 2.05) is 37.4 Å². The highest BCUT2D eigenvalue weighted by atomic mass is 16.3. The summed E-state index contributed by atoms with van der Waals surface area (Å²) in [5, 5.41) is 6.50. The third-order valence-electron chi connectivity index (χ3n) is 5.65. The van der Waals surface area contributed by atoms with Gasteiger partial charge in [0.05, 0.1) is 18.8 Å². The van der Waals surface area contributed by atoms with E-state index in [9.17, 15) is 4.79 Å². The zero-order valence-electron chi connectivity index (χ0n) is 18.6. The van der Waals surface area contributed by atoms with Gasteiger partial charge in [-0.1, -0.05) is 12.5 Å². The topological polar surface area (TPSA) is 86.0 Å². The van der Waals surface area contributed by atoms with Crippen molar-refractivity contribution in [2.45, 2.75) is 31.7 Å². The molecule has 0 bridgehead atoms. The molecule has 2 aromatic heterocycles. The first kappa shape index (κ1) is 22.8.